The van der Waals surface area contributed by atoms with Gasteiger partial charge in [-0.1, -0.05) is 6.42 Å². The first-order chi connectivity index (χ1) is 7.42. The Bertz CT molecular complexity index is 321. The van der Waals surface area contributed by atoms with Crippen molar-refractivity contribution < 1.29 is 0 Å². The fourth-order valence-corrected chi connectivity index (χ4v) is 2.57. The van der Waals surface area contributed by atoms with E-state index in [1.807, 2.05) is 6.20 Å². The zero-order chi connectivity index (χ0) is 10.1. The summed E-state index contributed by atoms with van der Waals surface area (Å²) in [4.78, 5) is 7.98. The lowest BCUT2D eigenvalue weighted by Crippen LogP contribution is -2.24. The number of nitrogens with zero attached hydrogens (tertiary/aromatic N) is 1. The average molecular weight is 205 g/mol. The molecule has 3 heteroatoms. The van der Waals surface area contributed by atoms with Crippen molar-refractivity contribution in [2.75, 3.05) is 6.54 Å². The fraction of sp³-hybridized carbons (Fsp3) is 0.750. The van der Waals surface area contributed by atoms with Crippen molar-refractivity contribution >= 4 is 0 Å². The van der Waals surface area contributed by atoms with Crippen LogP contribution in [-0.4, -0.2) is 22.6 Å². The van der Waals surface area contributed by atoms with E-state index in [9.17, 15) is 0 Å². The van der Waals surface area contributed by atoms with Crippen LogP contribution in [0.3, 0.4) is 0 Å². The molecule has 1 saturated heterocycles. The minimum absolute atomic E-state index is 0.658. The molecule has 0 amide bonds. The quantitative estimate of drug-likeness (QED) is 0.792. The number of hydrogen-bond acceptors (Lipinski definition) is 2. The first-order valence-corrected chi connectivity index (χ1v) is 6.19. The number of rotatable bonds is 3. The number of nitrogens with one attached hydrogen (secondary N) is 2. The van der Waals surface area contributed by atoms with Gasteiger partial charge in [-0.2, -0.15) is 0 Å². The number of imidazole rings is 1. The molecule has 2 heterocycles. The van der Waals surface area contributed by atoms with E-state index in [0.29, 0.717) is 6.04 Å². The summed E-state index contributed by atoms with van der Waals surface area (Å²) < 4.78 is 0. The molecule has 0 spiro atoms. The van der Waals surface area contributed by atoms with Crippen molar-refractivity contribution in [2.45, 2.75) is 50.5 Å². The minimum atomic E-state index is 0.658. The lowest BCUT2D eigenvalue weighted by molar-refractivity contribution is 0.411. The van der Waals surface area contributed by atoms with Crippen molar-refractivity contribution in [1.82, 2.24) is 15.3 Å². The summed E-state index contributed by atoms with van der Waals surface area (Å²) in [6.07, 6.45) is 9.84. The maximum Gasteiger partial charge on any atom is 0.107 e. The van der Waals surface area contributed by atoms with Gasteiger partial charge >= 0.3 is 0 Å². The summed E-state index contributed by atoms with van der Waals surface area (Å²) in [5.41, 5.74) is 1.37. The number of aromatic amines is 1. The molecule has 1 aliphatic carbocycles. The van der Waals surface area contributed by atoms with Gasteiger partial charge in [0.15, 0.2) is 0 Å². The molecule has 1 aliphatic heterocycles. The molecular weight excluding hydrogens is 186 g/mol. The van der Waals surface area contributed by atoms with Gasteiger partial charge in [-0.3, -0.25) is 0 Å². The van der Waals surface area contributed by atoms with Crippen LogP contribution in [0.2, 0.25) is 0 Å². The maximum absolute atomic E-state index is 4.49. The second kappa shape index (κ2) is 3.97. The highest BCUT2D eigenvalue weighted by molar-refractivity contribution is 5.11. The first-order valence-electron chi connectivity index (χ1n) is 6.19. The molecule has 1 aromatic heterocycles. The van der Waals surface area contributed by atoms with Gasteiger partial charge in [-0.15, -0.1) is 0 Å². The second-order valence-corrected chi connectivity index (χ2v) is 4.91. The highest BCUT2D eigenvalue weighted by Crippen LogP contribution is 2.35. The molecule has 1 saturated carbocycles. The van der Waals surface area contributed by atoms with Gasteiger partial charge in [0.05, 0.1) is 0 Å². The molecule has 0 radical (unpaired) electrons. The smallest absolute Gasteiger partial charge is 0.107 e. The topological polar surface area (TPSA) is 40.7 Å². The third-order valence-electron chi connectivity index (χ3n) is 3.80. The third-order valence-corrected chi connectivity index (χ3v) is 3.80. The fourth-order valence-electron chi connectivity index (χ4n) is 2.57. The van der Waals surface area contributed by atoms with E-state index in [0.717, 1.165) is 12.3 Å². The van der Waals surface area contributed by atoms with Crippen LogP contribution >= 0.6 is 0 Å². The summed E-state index contributed by atoms with van der Waals surface area (Å²) in [6, 6.07) is 0.658. The minimum Gasteiger partial charge on any atom is -0.346 e. The Balaban J connectivity index is 1.62. The van der Waals surface area contributed by atoms with Gasteiger partial charge in [-0.05, 0) is 32.2 Å². The Kier molecular flexibility index (Phi) is 2.49. The SMILES string of the molecule is c1nc(CC2CCCN2)[nH]c1C1CCC1. The molecule has 0 bridgehead atoms. The molecule has 1 atom stereocenters. The number of H-pyrrole nitrogens is 1. The Labute approximate surface area is 90.7 Å². The molecular formula is C12H19N3. The van der Waals surface area contributed by atoms with Gasteiger partial charge in [0.25, 0.3) is 0 Å². The largest absolute Gasteiger partial charge is 0.346 e. The Morgan fingerprint density at radius 2 is 2.20 bits per heavy atom. The Morgan fingerprint density at radius 3 is 2.87 bits per heavy atom. The standard InChI is InChI=1S/C12H19N3/c1-3-9(4-1)11-8-14-12(15-11)7-10-5-2-6-13-10/h8-10,13H,1-7H2,(H,14,15). The molecule has 2 N–H and O–H groups in total. The van der Waals surface area contributed by atoms with Crippen LogP contribution in [0.5, 0.6) is 0 Å². The summed E-state index contributed by atoms with van der Waals surface area (Å²) >= 11 is 0. The van der Waals surface area contributed by atoms with E-state index in [2.05, 4.69) is 15.3 Å². The van der Waals surface area contributed by atoms with Crippen LogP contribution < -0.4 is 5.32 Å². The van der Waals surface area contributed by atoms with Crippen LogP contribution in [0.15, 0.2) is 6.20 Å². The van der Waals surface area contributed by atoms with Gasteiger partial charge in [0, 0.05) is 30.3 Å². The molecule has 1 aromatic rings. The van der Waals surface area contributed by atoms with Crippen molar-refractivity contribution in [3.8, 4) is 0 Å². The highest BCUT2D eigenvalue weighted by Gasteiger charge is 2.22. The van der Waals surface area contributed by atoms with Gasteiger partial charge in [-0.25, -0.2) is 4.98 Å². The van der Waals surface area contributed by atoms with Crippen molar-refractivity contribution in [2.24, 2.45) is 0 Å². The van der Waals surface area contributed by atoms with Crippen LogP contribution in [0.1, 0.15) is 49.5 Å². The molecule has 3 nitrogen and oxygen atoms in total. The van der Waals surface area contributed by atoms with E-state index >= 15 is 0 Å². The summed E-state index contributed by atoms with van der Waals surface area (Å²) in [6.45, 7) is 1.18. The predicted molar refractivity (Wildman–Crippen MR) is 59.9 cm³/mol. The molecule has 3 rings (SSSR count). The van der Waals surface area contributed by atoms with E-state index < -0.39 is 0 Å². The Hall–Kier alpha value is -0.830. The summed E-state index contributed by atoms with van der Waals surface area (Å²) in [7, 11) is 0. The monoisotopic (exact) mass is 205 g/mol. The average Bonchev–Trinajstić information content (AvgIpc) is 2.75. The highest BCUT2D eigenvalue weighted by atomic mass is 15.0. The zero-order valence-electron chi connectivity index (χ0n) is 9.13. The van der Waals surface area contributed by atoms with E-state index in [4.69, 9.17) is 0 Å². The number of hydrogen-bond donors (Lipinski definition) is 2. The van der Waals surface area contributed by atoms with E-state index in [-0.39, 0.29) is 0 Å². The lowest BCUT2D eigenvalue weighted by atomic mass is 9.83. The zero-order valence-corrected chi connectivity index (χ0v) is 9.13. The van der Waals surface area contributed by atoms with Crippen molar-refractivity contribution in [3.63, 3.8) is 0 Å². The summed E-state index contributed by atoms with van der Waals surface area (Å²) in [5, 5.41) is 3.51. The second-order valence-electron chi connectivity index (χ2n) is 4.91. The molecule has 2 fully saturated rings. The first kappa shape index (κ1) is 9.40. The molecule has 1 unspecified atom stereocenters. The molecule has 15 heavy (non-hydrogen) atoms. The van der Waals surface area contributed by atoms with Crippen LogP contribution in [0.4, 0.5) is 0 Å². The van der Waals surface area contributed by atoms with Gasteiger partial charge in [0.2, 0.25) is 0 Å². The van der Waals surface area contributed by atoms with E-state index in [1.165, 1.54) is 50.2 Å². The molecule has 2 aliphatic rings. The van der Waals surface area contributed by atoms with Gasteiger partial charge < -0.3 is 10.3 Å². The lowest BCUT2D eigenvalue weighted by Gasteiger charge is -2.23. The van der Waals surface area contributed by atoms with Crippen LogP contribution in [0, 0.1) is 0 Å². The van der Waals surface area contributed by atoms with Crippen LogP contribution in [0.25, 0.3) is 0 Å². The van der Waals surface area contributed by atoms with Gasteiger partial charge in [0.1, 0.15) is 5.82 Å². The maximum atomic E-state index is 4.49. The Morgan fingerprint density at radius 1 is 1.27 bits per heavy atom. The van der Waals surface area contributed by atoms with Crippen molar-refractivity contribution in [1.29, 1.82) is 0 Å². The van der Waals surface area contributed by atoms with Crippen LogP contribution in [-0.2, 0) is 6.42 Å². The van der Waals surface area contributed by atoms with E-state index in [1.54, 1.807) is 0 Å². The van der Waals surface area contributed by atoms with Crippen molar-refractivity contribution in [3.05, 3.63) is 17.7 Å². The number of aromatic nitrogens is 2. The predicted octanol–water partition coefficient (Wildman–Crippen LogP) is 1.97. The summed E-state index contributed by atoms with van der Waals surface area (Å²) in [5.74, 6) is 1.96. The normalized spacial score (nSPS) is 26.8. The third kappa shape index (κ3) is 1.93. The molecule has 0 aromatic carbocycles. The molecule has 82 valence electrons.